The third-order valence-corrected chi connectivity index (χ3v) is 4.26. The van der Waals surface area contributed by atoms with Crippen molar-refractivity contribution < 1.29 is 14.7 Å². The zero-order valence-corrected chi connectivity index (χ0v) is 15.5. The number of hydrogen-bond donors (Lipinski definition) is 1. The first kappa shape index (κ1) is 20.2. The summed E-state index contributed by atoms with van der Waals surface area (Å²) in [4.78, 5) is 23.8. The van der Waals surface area contributed by atoms with Gasteiger partial charge < -0.3 is 9.67 Å². The van der Waals surface area contributed by atoms with Gasteiger partial charge in [-0.25, -0.2) is 0 Å². The minimum absolute atomic E-state index is 0.0253. The van der Waals surface area contributed by atoms with Crippen LogP contribution in [0.1, 0.15) is 29.6 Å². The van der Waals surface area contributed by atoms with E-state index in [1.807, 2.05) is 61.4 Å². The molecule has 0 unspecified atom stereocenters. The van der Waals surface area contributed by atoms with E-state index in [4.69, 9.17) is 5.11 Å². The van der Waals surface area contributed by atoms with Gasteiger partial charge in [0, 0.05) is 36.0 Å². The minimum atomic E-state index is -0.898. The fourth-order valence-corrected chi connectivity index (χ4v) is 3.04. The lowest BCUT2D eigenvalue weighted by Crippen LogP contribution is -2.37. The van der Waals surface area contributed by atoms with E-state index in [0.29, 0.717) is 12.0 Å². The summed E-state index contributed by atoms with van der Waals surface area (Å²) in [6.45, 7) is 7.53. The molecule has 137 valence electrons. The molecule has 4 nitrogen and oxygen atoms in total. The van der Waals surface area contributed by atoms with Gasteiger partial charge in [0.1, 0.15) is 0 Å². The van der Waals surface area contributed by atoms with Gasteiger partial charge in [0.25, 0.3) is 0 Å². The van der Waals surface area contributed by atoms with Gasteiger partial charge in [0.2, 0.25) is 7.28 Å². The lowest BCUT2D eigenvalue weighted by Gasteiger charge is -2.07. The second-order valence-electron chi connectivity index (χ2n) is 6.15. The molecule has 27 heavy (non-hydrogen) atoms. The van der Waals surface area contributed by atoms with Crippen molar-refractivity contribution in [1.29, 1.82) is 0 Å². The van der Waals surface area contributed by atoms with Crippen molar-refractivity contribution >= 4 is 42.2 Å². The highest BCUT2D eigenvalue weighted by Gasteiger charge is 2.20. The van der Waals surface area contributed by atoms with Crippen LogP contribution in [0.4, 0.5) is 0 Å². The Balaban J connectivity index is 2.61. The molecule has 0 saturated heterocycles. The molecule has 1 radical (unpaired) electrons. The third-order valence-electron chi connectivity index (χ3n) is 4.26. The molecule has 0 bridgehead atoms. The molecule has 1 aromatic heterocycles. The van der Waals surface area contributed by atoms with Gasteiger partial charge in [-0.3, -0.25) is 9.59 Å². The van der Waals surface area contributed by atoms with E-state index in [9.17, 15) is 9.59 Å². The topological polar surface area (TPSA) is 59.3 Å². The molecule has 0 spiro atoms. The van der Waals surface area contributed by atoms with Crippen LogP contribution in [0.3, 0.4) is 0 Å². The van der Waals surface area contributed by atoms with Gasteiger partial charge in [0.15, 0.2) is 5.78 Å². The van der Waals surface area contributed by atoms with E-state index in [-0.39, 0.29) is 18.6 Å². The van der Waals surface area contributed by atoms with Crippen LogP contribution in [0, 0.1) is 0 Å². The highest BCUT2D eigenvalue weighted by Crippen LogP contribution is 2.02. The highest BCUT2D eigenvalue weighted by atomic mass is 16.4. The maximum absolute atomic E-state index is 13.0. The van der Waals surface area contributed by atoms with E-state index < -0.39 is 5.97 Å². The first-order valence-electron chi connectivity index (χ1n) is 8.78. The fourth-order valence-electron chi connectivity index (χ4n) is 3.04. The molecule has 1 heterocycles. The normalized spacial score (nSPS) is 12.0. The Morgan fingerprint density at radius 2 is 1.78 bits per heavy atom. The van der Waals surface area contributed by atoms with Crippen LogP contribution in [0.25, 0.3) is 12.2 Å². The van der Waals surface area contributed by atoms with Crippen molar-refractivity contribution in [1.82, 2.24) is 4.57 Å². The van der Waals surface area contributed by atoms with Crippen molar-refractivity contribution in [3.05, 3.63) is 71.8 Å². The second kappa shape index (κ2) is 9.58. The predicted octanol–water partition coefficient (Wildman–Crippen LogP) is 1.05. The Morgan fingerprint density at radius 3 is 2.37 bits per heavy atom. The second-order valence-corrected chi connectivity index (χ2v) is 6.15. The summed E-state index contributed by atoms with van der Waals surface area (Å²) in [6.07, 6.45) is 7.45. The predicted molar refractivity (Wildman–Crippen MR) is 111 cm³/mol. The number of allylic oxidation sites excluding steroid dienone is 2. The van der Waals surface area contributed by atoms with Crippen LogP contribution in [0.15, 0.2) is 55.6 Å². The molecule has 2 rings (SSSR count). The summed E-state index contributed by atoms with van der Waals surface area (Å²) in [7, 11) is 3.86. The number of rotatable bonds is 9. The van der Waals surface area contributed by atoms with E-state index >= 15 is 0 Å². The number of hydrogen-bond acceptors (Lipinski definition) is 2. The van der Waals surface area contributed by atoms with Gasteiger partial charge in [-0.1, -0.05) is 67.2 Å². The average molecular weight is 360 g/mol. The molecule has 0 aliphatic rings. The number of benzene rings is 1. The number of carbonyl (C=O) groups excluding carboxylic acids is 1. The summed E-state index contributed by atoms with van der Waals surface area (Å²) in [6, 6.07) is 9.76. The summed E-state index contributed by atoms with van der Waals surface area (Å²) in [5.41, 5.74) is 2.34. The molecule has 2 aromatic rings. The SMILES string of the molecule is C=C/C=c1/c(C(=O)CCCC(=O)O)c([B]c2ccccc2)n(C)/c1=C/C=C. The first-order valence-corrected chi connectivity index (χ1v) is 8.78. The summed E-state index contributed by atoms with van der Waals surface area (Å²) < 4.78 is 1.95. The van der Waals surface area contributed by atoms with Gasteiger partial charge in [-0.2, -0.15) is 0 Å². The van der Waals surface area contributed by atoms with Crippen molar-refractivity contribution in [2.24, 2.45) is 7.05 Å². The number of Topliss-reactive ketones (excluding diaryl/α,β-unsaturated/α-hetero) is 1. The van der Waals surface area contributed by atoms with Crippen LogP contribution in [-0.4, -0.2) is 28.7 Å². The molecule has 0 amide bonds. The summed E-state index contributed by atoms with van der Waals surface area (Å²) >= 11 is 0. The van der Waals surface area contributed by atoms with E-state index in [2.05, 4.69) is 13.2 Å². The number of carbonyl (C=O) groups is 2. The van der Waals surface area contributed by atoms with Crippen LogP contribution in [0.2, 0.25) is 0 Å². The zero-order chi connectivity index (χ0) is 19.8. The van der Waals surface area contributed by atoms with Crippen LogP contribution < -0.4 is 21.6 Å². The van der Waals surface area contributed by atoms with Crippen molar-refractivity contribution in [2.45, 2.75) is 19.3 Å². The molecule has 0 saturated carbocycles. The largest absolute Gasteiger partial charge is 0.481 e. The maximum atomic E-state index is 13.0. The Morgan fingerprint density at radius 1 is 1.11 bits per heavy atom. The average Bonchev–Trinajstić information content (AvgIpc) is 2.88. The first-order chi connectivity index (χ1) is 13.0. The number of aliphatic carboxylic acids is 1. The van der Waals surface area contributed by atoms with Crippen LogP contribution in [0.5, 0.6) is 0 Å². The van der Waals surface area contributed by atoms with Gasteiger partial charge in [-0.05, 0) is 18.1 Å². The lowest BCUT2D eigenvalue weighted by atomic mass is 9.65. The fraction of sp³-hybridized carbons (Fsp3) is 0.182. The number of carboxylic acid groups (broad SMARTS) is 1. The van der Waals surface area contributed by atoms with E-state index in [0.717, 1.165) is 21.6 Å². The lowest BCUT2D eigenvalue weighted by molar-refractivity contribution is -0.137. The van der Waals surface area contributed by atoms with Crippen molar-refractivity contribution in [3.63, 3.8) is 0 Å². The number of aromatic nitrogens is 1. The minimum Gasteiger partial charge on any atom is -0.481 e. The molecule has 0 aliphatic carbocycles. The number of nitrogens with zero attached hydrogens (tertiary/aromatic N) is 1. The molecule has 0 atom stereocenters. The smallest absolute Gasteiger partial charge is 0.303 e. The van der Waals surface area contributed by atoms with E-state index in [1.165, 1.54) is 0 Å². The Labute approximate surface area is 160 Å². The molecule has 5 heteroatoms. The van der Waals surface area contributed by atoms with Crippen molar-refractivity contribution in [3.8, 4) is 0 Å². The molecule has 0 fully saturated rings. The van der Waals surface area contributed by atoms with Crippen LogP contribution in [-0.2, 0) is 11.8 Å². The number of ketones is 1. The van der Waals surface area contributed by atoms with Crippen LogP contribution >= 0.6 is 0 Å². The summed E-state index contributed by atoms with van der Waals surface area (Å²) in [5.74, 6) is -0.976. The highest BCUT2D eigenvalue weighted by molar-refractivity contribution is 6.68. The van der Waals surface area contributed by atoms with E-state index in [1.54, 1.807) is 12.2 Å². The zero-order valence-electron chi connectivity index (χ0n) is 15.5. The van der Waals surface area contributed by atoms with Gasteiger partial charge >= 0.3 is 5.97 Å². The third kappa shape index (κ3) is 4.97. The number of carboxylic acids is 1. The molecule has 1 N–H and O–H groups in total. The quantitative estimate of drug-likeness (QED) is 0.537. The molecular formula is C22H23BNO3. The Hall–Kier alpha value is -3.08. The Bertz CT molecular complexity index is 971. The molecule has 0 aliphatic heterocycles. The van der Waals surface area contributed by atoms with Crippen molar-refractivity contribution in [2.75, 3.05) is 0 Å². The maximum Gasteiger partial charge on any atom is 0.303 e. The summed E-state index contributed by atoms with van der Waals surface area (Å²) in [5, 5.41) is 10.5. The standard InChI is InChI=1S/C22H23BNO3/c1-4-10-17-18(11-5-2)24(3)22(23-16-12-7-6-8-13-16)21(17)19(25)14-9-15-20(26)27/h4-8,10-13H,1-2,9,14-15H2,3H3,(H,26,27)/b17-10+,18-11+. The molecule has 1 aromatic carbocycles. The molecular weight excluding hydrogens is 337 g/mol. The monoisotopic (exact) mass is 360 g/mol. The van der Waals surface area contributed by atoms with Gasteiger partial charge in [-0.15, -0.1) is 0 Å². The van der Waals surface area contributed by atoms with Gasteiger partial charge in [0.05, 0.1) is 0 Å². The Kier molecular flexibility index (Phi) is 7.18.